The van der Waals surface area contributed by atoms with Crippen molar-refractivity contribution in [3.63, 3.8) is 0 Å². The molecule has 1 saturated heterocycles. The summed E-state index contributed by atoms with van der Waals surface area (Å²) in [5, 5.41) is 7.31. The van der Waals surface area contributed by atoms with Gasteiger partial charge in [-0.1, -0.05) is 17.3 Å². The zero-order valence-corrected chi connectivity index (χ0v) is 17.6. The SMILES string of the molecule is CO[C@H]1C[C@@H]2CN(Cc3cc(C)on3)C[C@@H]2C[C@@H]1NC(=O)CCc1ccc(F)cc1. The second-order valence-corrected chi connectivity index (χ2v) is 8.69. The lowest BCUT2D eigenvalue weighted by Gasteiger charge is -2.37. The molecular weight excluding hydrogens is 385 g/mol. The topological polar surface area (TPSA) is 67.6 Å². The van der Waals surface area contributed by atoms with Gasteiger partial charge in [-0.3, -0.25) is 9.69 Å². The quantitative estimate of drug-likeness (QED) is 0.753. The summed E-state index contributed by atoms with van der Waals surface area (Å²) in [6.07, 6.45) is 2.92. The molecule has 1 saturated carbocycles. The molecule has 1 aliphatic heterocycles. The molecule has 30 heavy (non-hydrogen) atoms. The largest absolute Gasteiger partial charge is 0.379 e. The van der Waals surface area contributed by atoms with Crippen molar-refractivity contribution in [2.24, 2.45) is 11.8 Å². The highest BCUT2D eigenvalue weighted by atomic mass is 19.1. The van der Waals surface area contributed by atoms with Gasteiger partial charge < -0.3 is 14.6 Å². The maximum Gasteiger partial charge on any atom is 0.220 e. The normalized spacial score (nSPS) is 26.5. The van der Waals surface area contributed by atoms with Crippen LogP contribution in [-0.4, -0.2) is 48.3 Å². The van der Waals surface area contributed by atoms with E-state index in [4.69, 9.17) is 9.26 Å². The van der Waals surface area contributed by atoms with Crippen LogP contribution >= 0.6 is 0 Å². The number of rotatable bonds is 7. The lowest BCUT2D eigenvalue weighted by Crippen LogP contribution is -2.50. The first-order chi connectivity index (χ1) is 14.5. The average Bonchev–Trinajstić information content (AvgIpc) is 3.31. The Morgan fingerprint density at radius 2 is 2.00 bits per heavy atom. The molecule has 1 N–H and O–H groups in total. The Morgan fingerprint density at radius 3 is 2.67 bits per heavy atom. The molecule has 2 fully saturated rings. The molecule has 2 aliphatic rings. The molecule has 162 valence electrons. The smallest absolute Gasteiger partial charge is 0.220 e. The van der Waals surface area contributed by atoms with E-state index in [1.54, 1.807) is 19.2 Å². The Balaban J connectivity index is 1.29. The van der Waals surface area contributed by atoms with Crippen molar-refractivity contribution in [3.05, 3.63) is 53.2 Å². The van der Waals surface area contributed by atoms with Crippen LogP contribution in [0.4, 0.5) is 4.39 Å². The third kappa shape index (κ3) is 5.08. The summed E-state index contributed by atoms with van der Waals surface area (Å²) in [4.78, 5) is 15.0. The highest BCUT2D eigenvalue weighted by Gasteiger charge is 2.42. The van der Waals surface area contributed by atoms with Gasteiger partial charge in [-0.25, -0.2) is 4.39 Å². The van der Waals surface area contributed by atoms with Gasteiger partial charge in [0.15, 0.2) is 0 Å². The van der Waals surface area contributed by atoms with Crippen LogP contribution in [0.1, 0.15) is 36.3 Å². The van der Waals surface area contributed by atoms with Gasteiger partial charge in [-0.05, 0) is 55.7 Å². The molecule has 0 spiro atoms. The average molecular weight is 416 g/mol. The number of halogens is 1. The maximum atomic E-state index is 13.0. The van der Waals surface area contributed by atoms with E-state index in [1.807, 2.05) is 13.0 Å². The molecule has 7 heteroatoms. The van der Waals surface area contributed by atoms with Crippen molar-refractivity contribution in [2.45, 2.75) is 51.3 Å². The number of carbonyl (C=O) groups excluding carboxylic acids is 1. The molecule has 0 unspecified atom stereocenters. The minimum absolute atomic E-state index is 0.0257. The van der Waals surface area contributed by atoms with E-state index in [9.17, 15) is 9.18 Å². The van der Waals surface area contributed by atoms with E-state index < -0.39 is 0 Å². The standard InChI is InChI=1S/C23H30FN3O3/c1-15-9-20(26-30-15)14-27-12-17-10-21(22(29-2)11-18(17)13-27)25-23(28)8-5-16-3-6-19(24)7-4-16/h3-4,6-7,9,17-18,21-22H,5,8,10-14H2,1-2H3,(H,25,28)/t17-,18+,21-,22-/m0/s1. The third-order valence-corrected chi connectivity index (χ3v) is 6.46. The summed E-state index contributed by atoms with van der Waals surface area (Å²) in [5.41, 5.74) is 1.94. The van der Waals surface area contributed by atoms with E-state index in [2.05, 4.69) is 15.4 Å². The molecule has 6 nitrogen and oxygen atoms in total. The van der Waals surface area contributed by atoms with Gasteiger partial charge in [-0.15, -0.1) is 0 Å². The van der Waals surface area contributed by atoms with Crippen LogP contribution in [-0.2, 0) is 22.5 Å². The van der Waals surface area contributed by atoms with Crippen LogP contribution in [0, 0.1) is 24.6 Å². The monoisotopic (exact) mass is 415 g/mol. The van der Waals surface area contributed by atoms with Crippen LogP contribution in [0.15, 0.2) is 34.9 Å². The summed E-state index contributed by atoms with van der Waals surface area (Å²) in [7, 11) is 1.73. The second-order valence-electron chi connectivity index (χ2n) is 8.69. The van der Waals surface area contributed by atoms with E-state index >= 15 is 0 Å². The van der Waals surface area contributed by atoms with E-state index in [-0.39, 0.29) is 23.9 Å². The lowest BCUT2D eigenvalue weighted by molar-refractivity contribution is -0.123. The van der Waals surface area contributed by atoms with E-state index in [1.165, 1.54) is 12.1 Å². The van der Waals surface area contributed by atoms with Gasteiger partial charge in [0.1, 0.15) is 11.6 Å². The zero-order valence-electron chi connectivity index (χ0n) is 17.6. The van der Waals surface area contributed by atoms with Crippen LogP contribution in [0.2, 0.25) is 0 Å². The molecule has 2 aromatic rings. The first kappa shape index (κ1) is 21.0. The number of ether oxygens (including phenoxy) is 1. The predicted octanol–water partition coefficient (Wildman–Crippen LogP) is 3.10. The number of amides is 1. The molecule has 0 bridgehead atoms. The first-order valence-corrected chi connectivity index (χ1v) is 10.7. The number of aromatic nitrogens is 1. The molecule has 2 heterocycles. The number of nitrogens with zero attached hydrogens (tertiary/aromatic N) is 2. The van der Waals surface area contributed by atoms with Gasteiger partial charge in [0.05, 0.1) is 17.8 Å². The van der Waals surface area contributed by atoms with Crippen molar-refractivity contribution in [3.8, 4) is 0 Å². The molecule has 4 rings (SSSR count). The van der Waals surface area contributed by atoms with Gasteiger partial charge >= 0.3 is 0 Å². The number of benzene rings is 1. The highest BCUT2D eigenvalue weighted by Crippen LogP contribution is 2.38. The summed E-state index contributed by atoms with van der Waals surface area (Å²) in [6, 6.07) is 8.35. The number of hydrogen-bond donors (Lipinski definition) is 1. The van der Waals surface area contributed by atoms with Crippen molar-refractivity contribution < 1.29 is 18.4 Å². The number of methoxy groups -OCH3 is 1. The lowest BCUT2D eigenvalue weighted by atomic mass is 9.77. The first-order valence-electron chi connectivity index (χ1n) is 10.7. The number of nitrogens with one attached hydrogen (secondary N) is 1. The fourth-order valence-corrected chi connectivity index (χ4v) is 4.96. The fraction of sp³-hybridized carbons (Fsp3) is 0.565. The Hall–Kier alpha value is -2.25. The molecule has 4 atom stereocenters. The highest BCUT2D eigenvalue weighted by molar-refractivity contribution is 5.76. The molecular formula is C23H30FN3O3. The number of carbonyl (C=O) groups is 1. The number of fused-ring (bicyclic) bond motifs is 1. The van der Waals surface area contributed by atoms with Crippen LogP contribution in [0.3, 0.4) is 0 Å². The maximum absolute atomic E-state index is 13.0. The van der Waals surface area contributed by atoms with Gasteiger partial charge in [0, 0.05) is 39.2 Å². The third-order valence-electron chi connectivity index (χ3n) is 6.46. The van der Waals surface area contributed by atoms with Crippen LogP contribution in [0.5, 0.6) is 0 Å². The number of aryl methyl sites for hydroxylation is 2. The predicted molar refractivity (Wildman–Crippen MR) is 110 cm³/mol. The fourth-order valence-electron chi connectivity index (χ4n) is 4.96. The van der Waals surface area contributed by atoms with Crippen molar-refractivity contribution in [2.75, 3.05) is 20.2 Å². The zero-order chi connectivity index (χ0) is 21.1. The van der Waals surface area contributed by atoms with Gasteiger partial charge in [0.25, 0.3) is 0 Å². The summed E-state index contributed by atoms with van der Waals surface area (Å²) >= 11 is 0. The molecule has 1 aromatic heterocycles. The Bertz CT molecular complexity index is 854. The summed E-state index contributed by atoms with van der Waals surface area (Å²) < 4.78 is 24.0. The van der Waals surface area contributed by atoms with Gasteiger partial charge in [0.2, 0.25) is 5.91 Å². The van der Waals surface area contributed by atoms with Crippen molar-refractivity contribution in [1.29, 1.82) is 0 Å². The molecule has 1 aliphatic carbocycles. The van der Waals surface area contributed by atoms with E-state index in [0.29, 0.717) is 24.7 Å². The minimum atomic E-state index is -0.257. The van der Waals surface area contributed by atoms with Gasteiger partial charge in [-0.2, -0.15) is 0 Å². The van der Waals surface area contributed by atoms with Crippen LogP contribution in [0.25, 0.3) is 0 Å². The summed E-state index contributed by atoms with van der Waals surface area (Å²) in [5.74, 6) is 1.73. The minimum Gasteiger partial charge on any atom is -0.379 e. The Kier molecular flexibility index (Phi) is 6.49. The number of likely N-dealkylation sites (tertiary alicyclic amines) is 1. The molecule has 1 amide bonds. The van der Waals surface area contributed by atoms with Crippen molar-refractivity contribution >= 4 is 5.91 Å². The van der Waals surface area contributed by atoms with Crippen molar-refractivity contribution in [1.82, 2.24) is 15.4 Å². The van der Waals surface area contributed by atoms with E-state index in [0.717, 1.165) is 49.5 Å². The molecule has 1 aromatic carbocycles. The van der Waals surface area contributed by atoms with Crippen LogP contribution < -0.4 is 5.32 Å². The Morgan fingerprint density at radius 1 is 1.27 bits per heavy atom. The summed E-state index contributed by atoms with van der Waals surface area (Å²) in [6.45, 7) is 4.75. The molecule has 0 radical (unpaired) electrons. The second kappa shape index (κ2) is 9.27. The Labute approximate surface area is 176 Å². The number of hydrogen-bond acceptors (Lipinski definition) is 5.